The first-order valence-electron chi connectivity index (χ1n) is 7.13. The van der Waals surface area contributed by atoms with Gasteiger partial charge in [-0.3, -0.25) is 9.59 Å². The predicted molar refractivity (Wildman–Crippen MR) is 81.2 cm³/mol. The van der Waals surface area contributed by atoms with E-state index >= 15 is 0 Å². The van der Waals surface area contributed by atoms with Crippen LogP contribution in [0.4, 0.5) is 0 Å². The van der Waals surface area contributed by atoms with E-state index in [0.717, 1.165) is 25.7 Å². The number of carbonyl (C=O) groups excluding carboxylic acids is 1. The summed E-state index contributed by atoms with van der Waals surface area (Å²) in [6.45, 7) is 0. The molecular formula is C15H20N2O2S. The zero-order valence-corrected chi connectivity index (χ0v) is 12.7. The van der Waals surface area contributed by atoms with Gasteiger partial charge >= 0.3 is 0 Å². The molecule has 2 fully saturated rings. The van der Waals surface area contributed by atoms with Crippen LogP contribution in [0.25, 0.3) is 0 Å². The lowest BCUT2D eigenvalue weighted by Crippen LogP contribution is -2.48. The fourth-order valence-corrected chi connectivity index (χ4v) is 4.38. The number of piperidine rings is 1. The third-order valence-corrected chi connectivity index (χ3v) is 5.66. The van der Waals surface area contributed by atoms with Crippen molar-refractivity contribution in [3.8, 4) is 0 Å². The summed E-state index contributed by atoms with van der Waals surface area (Å²) < 4.78 is 1.48. The first-order valence-corrected chi connectivity index (χ1v) is 8.41. The molecule has 1 aromatic rings. The summed E-state index contributed by atoms with van der Waals surface area (Å²) in [6.07, 6.45) is 8.14. The van der Waals surface area contributed by atoms with E-state index in [1.807, 2.05) is 16.7 Å². The third kappa shape index (κ3) is 2.18. The van der Waals surface area contributed by atoms with Gasteiger partial charge in [0, 0.05) is 30.6 Å². The van der Waals surface area contributed by atoms with E-state index < -0.39 is 0 Å². The van der Waals surface area contributed by atoms with Crippen LogP contribution in [0.1, 0.15) is 36.0 Å². The van der Waals surface area contributed by atoms with Crippen molar-refractivity contribution in [2.75, 3.05) is 6.26 Å². The van der Waals surface area contributed by atoms with E-state index in [2.05, 4.69) is 6.26 Å². The maximum atomic E-state index is 12.7. The molecule has 2 aliphatic heterocycles. The lowest BCUT2D eigenvalue weighted by Gasteiger charge is -2.38. The zero-order valence-electron chi connectivity index (χ0n) is 11.9. The summed E-state index contributed by atoms with van der Waals surface area (Å²) in [7, 11) is 1.69. The number of carbonyl (C=O) groups is 1. The molecule has 3 rings (SSSR count). The van der Waals surface area contributed by atoms with E-state index in [-0.39, 0.29) is 11.5 Å². The number of aryl methyl sites for hydroxylation is 1. The Kier molecular flexibility index (Phi) is 3.63. The summed E-state index contributed by atoms with van der Waals surface area (Å²) in [5.74, 6) is -0.0711. The summed E-state index contributed by atoms with van der Waals surface area (Å²) in [5.41, 5.74) is 0.124. The van der Waals surface area contributed by atoms with Crippen LogP contribution in [0.15, 0.2) is 23.1 Å². The molecule has 0 saturated carbocycles. The van der Waals surface area contributed by atoms with Crippen molar-refractivity contribution in [3.05, 3.63) is 34.2 Å². The second kappa shape index (κ2) is 5.28. The Morgan fingerprint density at radius 2 is 1.95 bits per heavy atom. The molecule has 2 atom stereocenters. The Morgan fingerprint density at radius 1 is 1.30 bits per heavy atom. The maximum absolute atomic E-state index is 12.7. The van der Waals surface area contributed by atoms with Gasteiger partial charge in [0.25, 0.3) is 11.5 Å². The fraction of sp³-hybridized carbons (Fsp3) is 0.600. The number of rotatable bonds is 2. The molecule has 108 valence electrons. The topological polar surface area (TPSA) is 42.3 Å². The van der Waals surface area contributed by atoms with Crippen molar-refractivity contribution in [1.29, 1.82) is 0 Å². The number of amides is 1. The first kappa shape index (κ1) is 13.7. The number of nitrogens with zero attached hydrogens (tertiary/aromatic N) is 2. The Hall–Kier alpha value is -1.23. The van der Waals surface area contributed by atoms with Crippen molar-refractivity contribution in [3.63, 3.8) is 0 Å². The van der Waals surface area contributed by atoms with Gasteiger partial charge in [-0.05, 0) is 44.1 Å². The fourth-order valence-electron chi connectivity index (χ4n) is 3.55. The molecule has 1 amide bonds. The molecular weight excluding hydrogens is 272 g/mol. The Balaban J connectivity index is 1.89. The predicted octanol–water partition coefficient (Wildman–Crippen LogP) is 1.88. The molecule has 20 heavy (non-hydrogen) atoms. The van der Waals surface area contributed by atoms with Crippen molar-refractivity contribution in [1.82, 2.24) is 9.47 Å². The van der Waals surface area contributed by atoms with E-state index in [1.165, 1.54) is 4.57 Å². The summed E-state index contributed by atoms with van der Waals surface area (Å²) in [5, 5.41) is 0.662. The molecule has 3 heterocycles. The van der Waals surface area contributed by atoms with Crippen molar-refractivity contribution in [2.45, 2.75) is 43.0 Å². The SMILES string of the molecule is CSC1CC2CCC(C1)N2C(=O)c1cccn(C)c1=O. The first-order chi connectivity index (χ1) is 9.61. The molecule has 4 nitrogen and oxygen atoms in total. The number of pyridine rings is 1. The Bertz CT molecular complexity index is 569. The summed E-state index contributed by atoms with van der Waals surface area (Å²) >= 11 is 1.90. The number of hydrogen-bond acceptors (Lipinski definition) is 3. The smallest absolute Gasteiger partial charge is 0.263 e. The van der Waals surface area contributed by atoms with Crippen LogP contribution in [0, 0.1) is 0 Å². The molecule has 5 heteroatoms. The highest BCUT2D eigenvalue weighted by molar-refractivity contribution is 7.99. The molecule has 0 aliphatic carbocycles. The summed E-state index contributed by atoms with van der Waals surface area (Å²) in [6, 6.07) is 4.07. The molecule has 0 N–H and O–H groups in total. The third-order valence-electron chi connectivity index (χ3n) is 4.61. The molecule has 2 unspecified atom stereocenters. The monoisotopic (exact) mass is 292 g/mol. The van der Waals surface area contributed by atoms with Crippen LogP contribution in [-0.4, -0.2) is 39.0 Å². The van der Waals surface area contributed by atoms with Gasteiger partial charge in [-0.1, -0.05) is 0 Å². The molecule has 0 aromatic carbocycles. The van der Waals surface area contributed by atoms with Crippen LogP contribution in [0.5, 0.6) is 0 Å². The maximum Gasteiger partial charge on any atom is 0.263 e. The van der Waals surface area contributed by atoms with Gasteiger partial charge in [-0.2, -0.15) is 11.8 Å². The van der Waals surface area contributed by atoms with E-state index in [9.17, 15) is 9.59 Å². The van der Waals surface area contributed by atoms with Crippen LogP contribution < -0.4 is 5.56 Å². The second-order valence-electron chi connectivity index (χ2n) is 5.76. The lowest BCUT2D eigenvalue weighted by atomic mass is 10.0. The van der Waals surface area contributed by atoms with Gasteiger partial charge in [-0.15, -0.1) is 0 Å². The van der Waals surface area contributed by atoms with Crippen LogP contribution >= 0.6 is 11.8 Å². The molecule has 0 spiro atoms. The average molecular weight is 292 g/mol. The molecule has 2 saturated heterocycles. The van der Waals surface area contributed by atoms with Gasteiger partial charge in [0.15, 0.2) is 0 Å². The quantitative estimate of drug-likeness (QED) is 0.836. The van der Waals surface area contributed by atoms with E-state index in [4.69, 9.17) is 0 Å². The standard InChI is InChI=1S/C15H20N2O2S/c1-16-7-3-4-13(14(16)18)15(19)17-10-5-6-11(17)9-12(8-10)20-2/h3-4,7,10-12H,5-6,8-9H2,1-2H3. The van der Waals surface area contributed by atoms with Gasteiger partial charge in [0.1, 0.15) is 5.56 Å². The average Bonchev–Trinajstić information content (AvgIpc) is 2.71. The zero-order chi connectivity index (χ0) is 14.3. The summed E-state index contributed by atoms with van der Waals surface area (Å²) in [4.78, 5) is 26.8. The Labute approximate surface area is 123 Å². The van der Waals surface area contributed by atoms with Crippen molar-refractivity contribution < 1.29 is 4.79 Å². The highest BCUT2D eigenvalue weighted by Crippen LogP contribution is 2.40. The van der Waals surface area contributed by atoms with E-state index in [0.29, 0.717) is 22.9 Å². The minimum Gasteiger partial charge on any atom is -0.332 e. The molecule has 2 bridgehead atoms. The van der Waals surface area contributed by atoms with Gasteiger partial charge in [0.2, 0.25) is 0 Å². The lowest BCUT2D eigenvalue weighted by molar-refractivity contribution is 0.0599. The Morgan fingerprint density at radius 3 is 2.55 bits per heavy atom. The van der Waals surface area contributed by atoms with Crippen molar-refractivity contribution in [2.24, 2.45) is 7.05 Å². The largest absolute Gasteiger partial charge is 0.332 e. The minimum atomic E-state index is -0.191. The molecule has 2 aliphatic rings. The number of aromatic nitrogens is 1. The normalized spacial score (nSPS) is 28.7. The van der Waals surface area contributed by atoms with Crippen molar-refractivity contribution >= 4 is 17.7 Å². The van der Waals surface area contributed by atoms with Gasteiger partial charge in [0.05, 0.1) is 0 Å². The van der Waals surface area contributed by atoms with Crippen LogP contribution in [0.2, 0.25) is 0 Å². The van der Waals surface area contributed by atoms with Gasteiger partial charge in [-0.25, -0.2) is 0 Å². The molecule has 1 aromatic heterocycles. The highest BCUT2D eigenvalue weighted by atomic mass is 32.2. The van der Waals surface area contributed by atoms with Crippen LogP contribution in [0.3, 0.4) is 0 Å². The van der Waals surface area contributed by atoms with Crippen LogP contribution in [-0.2, 0) is 7.05 Å². The second-order valence-corrected chi connectivity index (χ2v) is 6.90. The number of hydrogen-bond donors (Lipinski definition) is 0. The molecule has 0 radical (unpaired) electrons. The minimum absolute atomic E-state index is 0.0711. The number of thioether (sulfide) groups is 1. The van der Waals surface area contributed by atoms with E-state index in [1.54, 1.807) is 25.4 Å². The highest BCUT2D eigenvalue weighted by Gasteiger charge is 2.43. The van der Waals surface area contributed by atoms with Gasteiger partial charge < -0.3 is 9.47 Å². The number of fused-ring (bicyclic) bond motifs is 2.